The van der Waals surface area contributed by atoms with E-state index < -0.39 is 35.8 Å². The first kappa shape index (κ1) is 63.5. The predicted molar refractivity (Wildman–Crippen MR) is 241 cm³/mol. The van der Waals surface area contributed by atoms with Crippen molar-refractivity contribution in [2.75, 3.05) is 0 Å². The molecular weight excluding hydrogens is 1040 g/mol. The molecular formula is C54H54O12Ru2. The molecule has 0 heterocycles. The summed E-state index contributed by atoms with van der Waals surface area (Å²) in [6.07, 6.45) is 4.36. The second-order valence-corrected chi connectivity index (χ2v) is 13.8. The molecule has 2 radical (unpaired) electrons. The SMILES string of the molecule is CCc1ccccc1C(=O)[O-].CCc1ccccc1C(=O)[O-].CCc1ccccc1C(=O)[O-].CCc1ccccc1C(=O)[O-].CCc1ccccc1C(=O)[O-].CCc1ccccc1C(=O)[O-].[Ru+3].[Ru+3]. The predicted octanol–water partition coefficient (Wildman–Crippen LogP) is 3.67. The van der Waals surface area contributed by atoms with Crippen LogP contribution in [0.4, 0.5) is 0 Å². The monoisotopic (exact) mass is 1100 g/mol. The molecule has 0 bridgehead atoms. The Kier molecular flexibility index (Phi) is 33.2. The van der Waals surface area contributed by atoms with E-state index in [1.807, 2.05) is 77.9 Å². The Balaban J connectivity index is 0. The van der Waals surface area contributed by atoms with Crippen molar-refractivity contribution in [1.82, 2.24) is 0 Å². The quantitative estimate of drug-likeness (QED) is 0.160. The fourth-order valence-corrected chi connectivity index (χ4v) is 6.17. The molecule has 0 aliphatic rings. The molecule has 0 unspecified atom stereocenters. The second kappa shape index (κ2) is 35.6. The molecule has 12 nitrogen and oxygen atoms in total. The Labute approximate surface area is 424 Å². The minimum atomic E-state index is -1.09. The number of benzene rings is 6. The average molecular weight is 1100 g/mol. The molecule has 0 aromatic heterocycles. The van der Waals surface area contributed by atoms with Crippen molar-refractivity contribution in [3.63, 3.8) is 0 Å². The van der Waals surface area contributed by atoms with Gasteiger partial charge in [0.15, 0.2) is 0 Å². The van der Waals surface area contributed by atoms with E-state index in [0.717, 1.165) is 71.9 Å². The summed E-state index contributed by atoms with van der Waals surface area (Å²) >= 11 is 0. The van der Waals surface area contributed by atoms with Gasteiger partial charge >= 0.3 is 39.0 Å². The minimum Gasteiger partial charge on any atom is -0.545 e. The smallest absolute Gasteiger partial charge is 0.545 e. The molecule has 6 rings (SSSR count). The first-order valence-electron chi connectivity index (χ1n) is 21.3. The van der Waals surface area contributed by atoms with E-state index in [1.165, 1.54) is 0 Å². The summed E-state index contributed by atoms with van der Waals surface area (Å²) in [5, 5.41) is 62.8. The first-order chi connectivity index (χ1) is 31.5. The number of carboxylic acids is 6. The summed E-state index contributed by atoms with van der Waals surface area (Å²) in [5.41, 5.74) is 6.76. The van der Waals surface area contributed by atoms with Gasteiger partial charge in [0.05, 0.1) is 35.8 Å². The zero-order valence-electron chi connectivity index (χ0n) is 38.7. The van der Waals surface area contributed by atoms with Gasteiger partial charge in [-0.15, -0.1) is 0 Å². The number of carboxylic acid groups (broad SMARTS) is 6. The van der Waals surface area contributed by atoms with Crippen LogP contribution in [0.1, 0.15) is 137 Å². The third-order valence-corrected chi connectivity index (χ3v) is 9.71. The van der Waals surface area contributed by atoms with Crippen LogP contribution in [0.25, 0.3) is 0 Å². The molecule has 6 aromatic rings. The van der Waals surface area contributed by atoms with Crippen LogP contribution in [0.3, 0.4) is 0 Å². The van der Waals surface area contributed by atoms with Crippen LogP contribution in [0.2, 0.25) is 0 Å². The summed E-state index contributed by atoms with van der Waals surface area (Å²) in [4.78, 5) is 62.8. The van der Waals surface area contributed by atoms with Crippen molar-refractivity contribution in [1.29, 1.82) is 0 Å². The molecule has 6 aromatic carbocycles. The largest absolute Gasteiger partial charge is 3.00 e. The van der Waals surface area contributed by atoms with Gasteiger partial charge in [0.25, 0.3) is 0 Å². The van der Waals surface area contributed by atoms with Crippen molar-refractivity contribution in [3.8, 4) is 0 Å². The van der Waals surface area contributed by atoms with Gasteiger partial charge in [0.1, 0.15) is 0 Å². The van der Waals surface area contributed by atoms with E-state index >= 15 is 0 Å². The summed E-state index contributed by atoms with van der Waals surface area (Å²) in [5.74, 6) is -6.57. The van der Waals surface area contributed by atoms with Gasteiger partial charge in [-0.1, -0.05) is 187 Å². The molecule has 0 N–H and O–H groups in total. The fourth-order valence-electron chi connectivity index (χ4n) is 6.17. The Bertz CT molecular complexity index is 2060. The van der Waals surface area contributed by atoms with Crippen LogP contribution in [0, 0.1) is 0 Å². The van der Waals surface area contributed by atoms with Gasteiger partial charge in [-0.25, -0.2) is 0 Å². The molecule has 14 heteroatoms. The standard InChI is InChI=1S/6C9H10O2.2Ru/c6*1-2-7-5-3-4-6-8(7)9(10)11;;/h6*3-6H,2H2,1H3,(H,10,11);;/q;;;;;;2*+3/p-6. The molecule has 0 amide bonds. The number of carbonyl (C=O) groups is 6. The Morgan fingerprint density at radius 3 is 0.426 bits per heavy atom. The van der Waals surface area contributed by atoms with Gasteiger partial charge in [-0.05, 0) is 71.9 Å². The molecule has 0 atom stereocenters. The normalized spacial score (nSPS) is 9.26. The Morgan fingerprint density at radius 1 is 0.250 bits per heavy atom. The van der Waals surface area contributed by atoms with E-state index in [9.17, 15) is 59.4 Å². The van der Waals surface area contributed by atoms with Gasteiger partial charge in [0.2, 0.25) is 0 Å². The second-order valence-electron chi connectivity index (χ2n) is 13.8. The van der Waals surface area contributed by atoms with Crippen LogP contribution in [0.15, 0.2) is 146 Å². The number of hydrogen-bond acceptors (Lipinski definition) is 12. The molecule has 358 valence electrons. The zero-order chi connectivity index (χ0) is 49.6. The van der Waals surface area contributed by atoms with Crippen molar-refractivity contribution in [3.05, 3.63) is 212 Å². The summed E-state index contributed by atoms with van der Waals surface area (Å²) in [6.45, 7) is 11.5. The van der Waals surface area contributed by atoms with Crippen molar-refractivity contribution in [2.45, 2.75) is 80.1 Å². The molecule has 0 fully saturated rings. The summed E-state index contributed by atoms with van der Waals surface area (Å²) in [6, 6.07) is 41.3. The molecule has 0 aliphatic heterocycles. The first-order valence-corrected chi connectivity index (χ1v) is 21.3. The molecule has 0 saturated carbocycles. The third kappa shape index (κ3) is 22.3. The number of aryl methyl sites for hydroxylation is 6. The van der Waals surface area contributed by atoms with E-state index in [1.54, 1.807) is 109 Å². The Morgan fingerprint density at radius 2 is 0.353 bits per heavy atom. The van der Waals surface area contributed by atoms with E-state index in [2.05, 4.69) is 0 Å². The number of rotatable bonds is 12. The van der Waals surface area contributed by atoms with Gasteiger partial charge in [-0.3, -0.25) is 0 Å². The van der Waals surface area contributed by atoms with E-state index in [-0.39, 0.29) is 39.0 Å². The van der Waals surface area contributed by atoms with E-state index in [0.29, 0.717) is 33.4 Å². The van der Waals surface area contributed by atoms with Crippen LogP contribution in [-0.4, -0.2) is 35.8 Å². The molecule has 0 saturated heterocycles. The van der Waals surface area contributed by atoms with Crippen molar-refractivity contribution >= 4 is 35.8 Å². The topological polar surface area (TPSA) is 241 Å². The zero-order valence-corrected chi connectivity index (χ0v) is 42.2. The number of hydrogen-bond donors (Lipinski definition) is 0. The minimum absolute atomic E-state index is 0. The maximum absolute atomic E-state index is 10.5. The molecule has 0 spiro atoms. The third-order valence-electron chi connectivity index (χ3n) is 9.71. The Hall–Kier alpha value is -6.61. The molecule has 68 heavy (non-hydrogen) atoms. The van der Waals surface area contributed by atoms with Crippen molar-refractivity contribution in [2.24, 2.45) is 0 Å². The number of aromatic carboxylic acids is 6. The van der Waals surface area contributed by atoms with Crippen LogP contribution < -0.4 is 30.6 Å². The van der Waals surface area contributed by atoms with E-state index in [4.69, 9.17) is 0 Å². The van der Waals surface area contributed by atoms with Crippen LogP contribution >= 0.6 is 0 Å². The maximum atomic E-state index is 10.5. The van der Waals surface area contributed by atoms with Crippen molar-refractivity contribution < 1.29 is 98.4 Å². The summed E-state index contributed by atoms with van der Waals surface area (Å²) < 4.78 is 0. The molecule has 0 aliphatic carbocycles. The fraction of sp³-hybridized carbons (Fsp3) is 0.222. The number of carbonyl (C=O) groups excluding carboxylic acids is 6. The van der Waals surface area contributed by atoms with Gasteiger partial charge in [-0.2, -0.15) is 0 Å². The maximum Gasteiger partial charge on any atom is 3.00 e. The van der Waals surface area contributed by atoms with Crippen LogP contribution in [-0.2, 0) is 77.5 Å². The van der Waals surface area contributed by atoms with Gasteiger partial charge < -0.3 is 59.4 Å². The summed E-state index contributed by atoms with van der Waals surface area (Å²) in [7, 11) is 0. The average Bonchev–Trinajstić information content (AvgIpc) is 3.34. The van der Waals surface area contributed by atoms with Crippen LogP contribution in [0.5, 0.6) is 0 Å². The van der Waals surface area contributed by atoms with Gasteiger partial charge in [0, 0.05) is 33.4 Å².